The summed E-state index contributed by atoms with van der Waals surface area (Å²) < 4.78 is 0. The van der Waals surface area contributed by atoms with Crippen molar-refractivity contribution in [2.24, 2.45) is 11.1 Å². The molecule has 1 aromatic rings. The molecule has 4 N–H and O–H groups in total. The first-order valence-corrected chi connectivity index (χ1v) is 8.75. The van der Waals surface area contributed by atoms with Crippen LogP contribution in [0.4, 0.5) is 5.69 Å². The summed E-state index contributed by atoms with van der Waals surface area (Å²) in [5.74, 6) is -0.270. The first kappa shape index (κ1) is 18.5. The van der Waals surface area contributed by atoms with Crippen LogP contribution in [0.25, 0.3) is 0 Å². The molecular weight excluding hydrogens is 302 g/mol. The molecule has 1 saturated carbocycles. The average molecular weight is 331 g/mol. The summed E-state index contributed by atoms with van der Waals surface area (Å²) in [6, 6.07) is 6.64. The Labute approximate surface area is 144 Å². The summed E-state index contributed by atoms with van der Waals surface area (Å²) in [6.07, 6.45) is 5.75. The van der Waals surface area contributed by atoms with Gasteiger partial charge in [-0.05, 0) is 42.5 Å². The third-order valence-electron chi connectivity index (χ3n) is 4.57. The summed E-state index contributed by atoms with van der Waals surface area (Å²) in [5, 5.41) is 5.89. The second-order valence-electron chi connectivity index (χ2n) is 7.72. The maximum absolute atomic E-state index is 12.3. The SMILES string of the molecule is CC(C)(C)[C@H](N)C(=O)Nc1ccc(C(=O)NC2CCCCC2)cc1. The van der Waals surface area contributed by atoms with Gasteiger partial charge in [0.15, 0.2) is 0 Å². The molecule has 5 nitrogen and oxygen atoms in total. The monoisotopic (exact) mass is 331 g/mol. The van der Waals surface area contributed by atoms with E-state index in [1.165, 1.54) is 19.3 Å². The van der Waals surface area contributed by atoms with E-state index in [9.17, 15) is 9.59 Å². The molecule has 2 amide bonds. The highest BCUT2D eigenvalue weighted by Gasteiger charge is 2.27. The van der Waals surface area contributed by atoms with Gasteiger partial charge in [-0.2, -0.15) is 0 Å². The van der Waals surface area contributed by atoms with Crippen LogP contribution in [0.2, 0.25) is 0 Å². The zero-order valence-corrected chi connectivity index (χ0v) is 14.9. The molecule has 1 aliphatic carbocycles. The van der Waals surface area contributed by atoms with Gasteiger partial charge in [0.25, 0.3) is 5.91 Å². The van der Waals surface area contributed by atoms with Crippen LogP contribution in [-0.4, -0.2) is 23.9 Å². The first-order valence-electron chi connectivity index (χ1n) is 8.75. The van der Waals surface area contributed by atoms with Crippen LogP contribution in [0.5, 0.6) is 0 Å². The average Bonchev–Trinajstić information content (AvgIpc) is 2.54. The van der Waals surface area contributed by atoms with Crippen molar-refractivity contribution in [2.75, 3.05) is 5.32 Å². The van der Waals surface area contributed by atoms with Crippen molar-refractivity contribution in [3.8, 4) is 0 Å². The second-order valence-corrected chi connectivity index (χ2v) is 7.72. The van der Waals surface area contributed by atoms with Gasteiger partial charge in [-0.1, -0.05) is 40.0 Å². The second kappa shape index (κ2) is 7.79. The molecule has 1 atom stereocenters. The van der Waals surface area contributed by atoms with Crippen LogP contribution in [0.1, 0.15) is 63.2 Å². The van der Waals surface area contributed by atoms with Crippen molar-refractivity contribution in [3.63, 3.8) is 0 Å². The van der Waals surface area contributed by atoms with E-state index in [0.29, 0.717) is 11.3 Å². The van der Waals surface area contributed by atoms with Gasteiger partial charge < -0.3 is 16.4 Å². The van der Waals surface area contributed by atoms with Crippen molar-refractivity contribution in [1.82, 2.24) is 5.32 Å². The van der Waals surface area contributed by atoms with E-state index < -0.39 is 6.04 Å². The number of benzene rings is 1. The largest absolute Gasteiger partial charge is 0.349 e. The maximum Gasteiger partial charge on any atom is 0.251 e. The molecule has 132 valence electrons. The molecule has 5 heteroatoms. The van der Waals surface area contributed by atoms with E-state index >= 15 is 0 Å². The van der Waals surface area contributed by atoms with E-state index in [4.69, 9.17) is 5.73 Å². The van der Waals surface area contributed by atoms with Crippen LogP contribution in [0.15, 0.2) is 24.3 Å². The number of hydrogen-bond acceptors (Lipinski definition) is 3. The van der Waals surface area contributed by atoms with Gasteiger partial charge in [0.2, 0.25) is 5.91 Å². The number of carbonyl (C=O) groups excluding carboxylic acids is 2. The maximum atomic E-state index is 12.3. The molecule has 0 aliphatic heterocycles. The summed E-state index contributed by atoms with van der Waals surface area (Å²) in [6.45, 7) is 5.78. The quantitative estimate of drug-likeness (QED) is 0.793. The highest BCUT2D eigenvalue weighted by atomic mass is 16.2. The van der Waals surface area contributed by atoms with Crippen molar-refractivity contribution in [2.45, 2.75) is 65.0 Å². The molecular formula is C19H29N3O2. The highest BCUT2D eigenvalue weighted by Crippen LogP contribution is 2.20. The fourth-order valence-electron chi connectivity index (χ4n) is 2.83. The van der Waals surface area contributed by atoms with Gasteiger partial charge in [-0.3, -0.25) is 9.59 Å². The number of anilines is 1. The Kier molecular flexibility index (Phi) is 5.99. The fourth-order valence-corrected chi connectivity index (χ4v) is 2.83. The van der Waals surface area contributed by atoms with Crippen LogP contribution in [0, 0.1) is 5.41 Å². The molecule has 2 rings (SSSR count). The Bertz CT molecular complexity index is 569. The Morgan fingerprint density at radius 1 is 1.08 bits per heavy atom. The van der Waals surface area contributed by atoms with E-state index in [1.807, 2.05) is 20.8 Å². The van der Waals surface area contributed by atoms with Gasteiger partial charge in [0.05, 0.1) is 6.04 Å². The molecule has 1 aromatic carbocycles. The van der Waals surface area contributed by atoms with E-state index in [2.05, 4.69) is 10.6 Å². The lowest BCUT2D eigenvalue weighted by Gasteiger charge is -2.25. The topological polar surface area (TPSA) is 84.2 Å². The fraction of sp³-hybridized carbons (Fsp3) is 0.579. The lowest BCUT2D eigenvalue weighted by molar-refractivity contribution is -0.119. The Morgan fingerprint density at radius 3 is 2.21 bits per heavy atom. The summed E-state index contributed by atoms with van der Waals surface area (Å²) >= 11 is 0. The standard InChI is InChI=1S/C19H29N3O2/c1-19(2,3)16(20)18(24)22-15-11-9-13(10-12-15)17(23)21-14-7-5-4-6-8-14/h9-12,14,16H,4-8,20H2,1-3H3,(H,21,23)(H,22,24)/t16-/m1/s1. The molecule has 0 heterocycles. The minimum atomic E-state index is -0.591. The number of nitrogens with one attached hydrogen (secondary N) is 2. The van der Waals surface area contributed by atoms with Crippen molar-refractivity contribution < 1.29 is 9.59 Å². The van der Waals surface area contributed by atoms with Crippen LogP contribution in [-0.2, 0) is 4.79 Å². The normalized spacial score (nSPS) is 17.2. The number of nitrogens with two attached hydrogens (primary N) is 1. The summed E-state index contributed by atoms with van der Waals surface area (Å²) in [4.78, 5) is 24.4. The Morgan fingerprint density at radius 2 is 1.67 bits per heavy atom. The smallest absolute Gasteiger partial charge is 0.251 e. The highest BCUT2D eigenvalue weighted by molar-refractivity contribution is 5.97. The molecule has 24 heavy (non-hydrogen) atoms. The first-order chi connectivity index (χ1) is 11.3. The van der Waals surface area contributed by atoms with Gasteiger partial charge >= 0.3 is 0 Å². The van der Waals surface area contributed by atoms with Crippen LogP contribution < -0.4 is 16.4 Å². The Balaban J connectivity index is 1.92. The minimum absolute atomic E-state index is 0.0498. The van der Waals surface area contributed by atoms with Crippen molar-refractivity contribution in [3.05, 3.63) is 29.8 Å². The molecule has 0 aromatic heterocycles. The molecule has 0 bridgehead atoms. The number of carbonyl (C=O) groups is 2. The van der Waals surface area contributed by atoms with Gasteiger partial charge in [0.1, 0.15) is 0 Å². The van der Waals surface area contributed by atoms with Gasteiger partial charge in [-0.25, -0.2) is 0 Å². The van der Waals surface area contributed by atoms with Crippen LogP contribution >= 0.6 is 0 Å². The molecule has 1 fully saturated rings. The summed E-state index contributed by atoms with van der Waals surface area (Å²) in [7, 11) is 0. The molecule has 0 unspecified atom stereocenters. The molecule has 0 saturated heterocycles. The van der Waals surface area contributed by atoms with Gasteiger partial charge in [-0.15, -0.1) is 0 Å². The van der Waals surface area contributed by atoms with Crippen LogP contribution in [0.3, 0.4) is 0 Å². The van der Waals surface area contributed by atoms with Gasteiger partial charge in [0, 0.05) is 17.3 Å². The number of hydrogen-bond donors (Lipinski definition) is 3. The molecule has 1 aliphatic rings. The third kappa shape index (κ3) is 5.06. The van der Waals surface area contributed by atoms with E-state index in [1.54, 1.807) is 24.3 Å². The number of rotatable bonds is 4. The Hall–Kier alpha value is -1.88. The predicted molar refractivity (Wildman–Crippen MR) is 96.8 cm³/mol. The lowest BCUT2D eigenvalue weighted by atomic mass is 9.87. The molecule has 0 spiro atoms. The third-order valence-corrected chi connectivity index (χ3v) is 4.57. The lowest BCUT2D eigenvalue weighted by Crippen LogP contribution is -2.45. The predicted octanol–water partition coefficient (Wildman–Crippen LogP) is 3.06. The zero-order chi connectivity index (χ0) is 17.7. The zero-order valence-electron chi connectivity index (χ0n) is 14.9. The van der Waals surface area contributed by atoms with Crippen molar-refractivity contribution >= 4 is 17.5 Å². The van der Waals surface area contributed by atoms with E-state index in [-0.39, 0.29) is 23.3 Å². The van der Waals surface area contributed by atoms with E-state index in [0.717, 1.165) is 12.8 Å². The summed E-state index contributed by atoms with van der Waals surface area (Å²) in [5.41, 5.74) is 6.90. The minimum Gasteiger partial charge on any atom is -0.349 e. The van der Waals surface area contributed by atoms with Crippen molar-refractivity contribution in [1.29, 1.82) is 0 Å². The number of amides is 2. The molecule has 0 radical (unpaired) electrons.